The smallest absolute Gasteiger partial charge is 0.276 e. The van der Waals surface area contributed by atoms with Crippen molar-refractivity contribution in [2.75, 3.05) is 20.7 Å². The topological polar surface area (TPSA) is 42.0 Å². The number of ether oxygens (including phenoxy) is 2. The molecule has 0 saturated carbocycles. The third kappa shape index (κ3) is 4.75. The van der Waals surface area contributed by atoms with Crippen LogP contribution in [0, 0.1) is 0 Å². The summed E-state index contributed by atoms with van der Waals surface area (Å²) in [5.74, 6) is 0.961. The molecule has 0 aliphatic carbocycles. The van der Waals surface area contributed by atoms with Crippen molar-refractivity contribution in [3.63, 3.8) is 0 Å². The number of hydrogen-bond acceptors (Lipinski definition) is 4. The largest absolute Gasteiger partial charge is 0.490 e. The zero-order valence-corrected chi connectivity index (χ0v) is 20.5. The van der Waals surface area contributed by atoms with Crippen LogP contribution in [-0.4, -0.2) is 41.5 Å². The van der Waals surface area contributed by atoms with Crippen molar-refractivity contribution < 1.29 is 14.3 Å². The third-order valence-corrected chi connectivity index (χ3v) is 6.34. The summed E-state index contributed by atoms with van der Waals surface area (Å²) in [6.07, 6.45) is 1.77. The minimum atomic E-state index is -0.156. The van der Waals surface area contributed by atoms with Crippen molar-refractivity contribution in [2.45, 2.75) is 13.5 Å². The van der Waals surface area contributed by atoms with E-state index in [0.29, 0.717) is 43.4 Å². The highest BCUT2D eigenvalue weighted by atomic mass is 79.9. The molecule has 2 aromatic rings. The first-order valence-corrected chi connectivity index (χ1v) is 11.0. The quantitative estimate of drug-likeness (QED) is 0.351. The van der Waals surface area contributed by atoms with E-state index < -0.39 is 0 Å². The molecule has 0 atom stereocenters. The molecule has 158 valence electrons. The number of hydrogen-bond donors (Lipinski definition) is 0. The highest BCUT2D eigenvalue weighted by Crippen LogP contribution is 2.38. The van der Waals surface area contributed by atoms with Crippen molar-refractivity contribution in [3.05, 3.63) is 61.7 Å². The van der Waals surface area contributed by atoms with Gasteiger partial charge in [0.15, 0.2) is 16.6 Å². The Labute approximate surface area is 199 Å². The second kappa shape index (κ2) is 9.56. The number of benzene rings is 2. The Hall–Kier alpha value is -1.80. The minimum absolute atomic E-state index is 0.156. The maximum absolute atomic E-state index is 12.4. The van der Waals surface area contributed by atoms with Gasteiger partial charge in [-0.3, -0.25) is 9.69 Å². The van der Waals surface area contributed by atoms with E-state index in [4.69, 9.17) is 44.9 Å². The first-order valence-electron chi connectivity index (χ1n) is 9.03. The molecule has 30 heavy (non-hydrogen) atoms. The maximum atomic E-state index is 12.4. The van der Waals surface area contributed by atoms with Crippen LogP contribution >= 0.6 is 51.3 Å². The van der Waals surface area contributed by atoms with E-state index >= 15 is 0 Å². The van der Waals surface area contributed by atoms with E-state index in [1.54, 1.807) is 37.2 Å². The summed E-state index contributed by atoms with van der Waals surface area (Å²) in [7, 11) is 3.42. The monoisotopic (exact) mass is 528 g/mol. The van der Waals surface area contributed by atoms with Gasteiger partial charge >= 0.3 is 0 Å². The number of carbonyl (C=O) groups is 1. The van der Waals surface area contributed by atoms with Gasteiger partial charge in [0, 0.05) is 14.1 Å². The molecule has 1 heterocycles. The van der Waals surface area contributed by atoms with Crippen LogP contribution in [0.1, 0.15) is 18.1 Å². The maximum Gasteiger partial charge on any atom is 0.276 e. The number of amides is 1. The molecule has 0 unspecified atom stereocenters. The fourth-order valence-electron chi connectivity index (χ4n) is 2.91. The van der Waals surface area contributed by atoms with E-state index in [9.17, 15) is 4.79 Å². The first kappa shape index (κ1) is 22.9. The zero-order valence-electron chi connectivity index (χ0n) is 16.5. The summed E-state index contributed by atoms with van der Waals surface area (Å²) < 4.78 is 12.5. The molecule has 5 nitrogen and oxygen atoms in total. The summed E-state index contributed by atoms with van der Waals surface area (Å²) in [6.45, 7) is 2.64. The van der Waals surface area contributed by atoms with Crippen molar-refractivity contribution in [1.82, 2.24) is 9.80 Å². The van der Waals surface area contributed by atoms with Crippen LogP contribution in [0.25, 0.3) is 6.08 Å². The van der Waals surface area contributed by atoms with Crippen LogP contribution in [0.15, 0.2) is 40.5 Å². The second-order valence-corrected chi connectivity index (χ2v) is 8.57. The number of rotatable bonds is 6. The minimum Gasteiger partial charge on any atom is -0.490 e. The lowest BCUT2D eigenvalue weighted by molar-refractivity contribution is -0.121. The van der Waals surface area contributed by atoms with E-state index in [0.717, 1.165) is 11.1 Å². The van der Waals surface area contributed by atoms with Gasteiger partial charge in [0.25, 0.3) is 5.91 Å². The Bertz CT molecular complexity index is 1050. The Kier molecular flexibility index (Phi) is 7.29. The lowest BCUT2D eigenvalue weighted by Crippen LogP contribution is -2.26. The number of halogens is 3. The fourth-order valence-corrected chi connectivity index (χ4v) is 3.98. The van der Waals surface area contributed by atoms with Gasteiger partial charge < -0.3 is 14.4 Å². The van der Waals surface area contributed by atoms with Gasteiger partial charge in [0.05, 0.1) is 21.1 Å². The number of carbonyl (C=O) groups excluding carboxylic acids is 1. The normalized spacial score (nSPS) is 15.3. The van der Waals surface area contributed by atoms with Crippen molar-refractivity contribution in [1.29, 1.82) is 0 Å². The van der Waals surface area contributed by atoms with Crippen LogP contribution in [0.3, 0.4) is 0 Å². The molecule has 0 radical (unpaired) electrons. The lowest BCUT2D eigenvalue weighted by Gasteiger charge is -2.16. The summed E-state index contributed by atoms with van der Waals surface area (Å²) in [4.78, 5) is 15.6. The lowest BCUT2D eigenvalue weighted by atomic mass is 10.1. The molecule has 3 rings (SSSR count). The predicted octanol–water partition coefficient (Wildman–Crippen LogP) is 5.76. The van der Waals surface area contributed by atoms with Gasteiger partial charge in [-0.15, -0.1) is 0 Å². The molecular formula is C21H19BrCl2N2O3S. The van der Waals surface area contributed by atoms with Gasteiger partial charge in [0.2, 0.25) is 0 Å². The van der Waals surface area contributed by atoms with Gasteiger partial charge in [-0.25, -0.2) is 0 Å². The van der Waals surface area contributed by atoms with Crippen LogP contribution in [0.5, 0.6) is 11.5 Å². The Morgan fingerprint density at radius 3 is 2.43 bits per heavy atom. The average molecular weight is 530 g/mol. The molecule has 1 amide bonds. The summed E-state index contributed by atoms with van der Waals surface area (Å²) in [6, 6.07) is 9.03. The van der Waals surface area contributed by atoms with Crippen LogP contribution < -0.4 is 9.47 Å². The van der Waals surface area contributed by atoms with Crippen molar-refractivity contribution >= 4 is 68.4 Å². The molecule has 9 heteroatoms. The standard InChI is InChI=1S/C21H19BrCl2N2O3S/c1-4-28-18-10-13(9-17-20(27)26(3)21(30)25(17)2)7-14(22)19(18)29-11-12-5-6-15(23)16(24)8-12/h5-10H,4,11H2,1-3H3/b17-9-. The van der Waals surface area contributed by atoms with Crippen molar-refractivity contribution in [3.8, 4) is 11.5 Å². The molecule has 0 spiro atoms. The molecule has 1 fully saturated rings. The van der Waals surface area contributed by atoms with Gasteiger partial charge in [0.1, 0.15) is 12.3 Å². The van der Waals surface area contributed by atoms with Crippen LogP contribution in [-0.2, 0) is 11.4 Å². The van der Waals surface area contributed by atoms with Gasteiger partial charge in [-0.1, -0.05) is 29.3 Å². The van der Waals surface area contributed by atoms with Crippen LogP contribution in [0.2, 0.25) is 10.0 Å². The molecule has 0 bridgehead atoms. The Morgan fingerprint density at radius 2 is 1.83 bits per heavy atom. The van der Waals surface area contributed by atoms with E-state index in [-0.39, 0.29) is 12.5 Å². The average Bonchev–Trinajstić information content (AvgIpc) is 2.88. The first-order chi connectivity index (χ1) is 14.2. The second-order valence-electron chi connectivity index (χ2n) is 6.54. The van der Waals surface area contributed by atoms with Crippen LogP contribution in [0.4, 0.5) is 0 Å². The molecule has 1 saturated heterocycles. The van der Waals surface area contributed by atoms with Gasteiger partial charge in [-0.05, 0) is 76.5 Å². The number of thiocarbonyl (C=S) groups is 1. The van der Waals surface area contributed by atoms with E-state index in [2.05, 4.69) is 15.9 Å². The number of likely N-dealkylation sites (N-methyl/N-ethyl adjacent to an activating group) is 2. The van der Waals surface area contributed by atoms with E-state index in [1.807, 2.05) is 25.1 Å². The molecule has 1 aliphatic heterocycles. The summed E-state index contributed by atoms with van der Waals surface area (Å²) in [5, 5.41) is 1.42. The zero-order chi connectivity index (χ0) is 22.0. The summed E-state index contributed by atoms with van der Waals surface area (Å²) >= 11 is 20.9. The molecule has 2 aromatic carbocycles. The SMILES string of the molecule is CCOc1cc(/C=C2/C(=O)N(C)C(=S)N2C)cc(Br)c1OCc1ccc(Cl)c(Cl)c1. The molecule has 1 aliphatic rings. The molecule has 0 N–H and O–H groups in total. The predicted molar refractivity (Wildman–Crippen MR) is 127 cm³/mol. The van der Waals surface area contributed by atoms with Crippen molar-refractivity contribution in [2.24, 2.45) is 0 Å². The third-order valence-electron chi connectivity index (χ3n) is 4.46. The highest BCUT2D eigenvalue weighted by molar-refractivity contribution is 9.10. The molecule has 0 aromatic heterocycles. The van der Waals surface area contributed by atoms with E-state index in [1.165, 1.54) is 4.90 Å². The fraction of sp³-hybridized carbons (Fsp3) is 0.238. The Morgan fingerprint density at radius 1 is 1.10 bits per heavy atom. The molecular weight excluding hydrogens is 511 g/mol. The number of nitrogens with zero attached hydrogens (tertiary/aromatic N) is 2. The highest BCUT2D eigenvalue weighted by Gasteiger charge is 2.32. The van der Waals surface area contributed by atoms with Gasteiger partial charge in [-0.2, -0.15) is 0 Å². The Balaban J connectivity index is 1.90. The summed E-state index contributed by atoms with van der Waals surface area (Å²) in [5.41, 5.74) is 2.14.